The van der Waals surface area contributed by atoms with Gasteiger partial charge in [-0.05, 0) is 52.6 Å². The first-order valence-corrected chi connectivity index (χ1v) is 8.74. The first kappa shape index (κ1) is 18.2. The van der Waals surface area contributed by atoms with Gasteiger partial charge in [0.2, 0.25) is 0 Å². The molecule has 0 atom stereocenters. The van der Waals surface area contributed by atoms with E-state index in [2.05, 4.69) is 0 Å². The normalized spacial score (nSPS) is 10.9. The molecule has 0 aromatic heterocycles. The van der Waals surface area contributed by atoms with E-state index in [0.29, 0.717) is 15.6 Å². The third-order valence-corrected chi connectivity index (χ3v) is 4.36. The summed E-state index contributed by atoms with van der Waals surface area (Å²) in [5.74, 6) is -0.344. The van der Waals surface area contributed by atoms with Crippen LogP contribution in [0.25, 0.3) is 23.3 Å². The highest BCUT2D eigenvalue weighted by molar-refractivity contribution is 6.35. The Balaban J connectivity index is 1.91. The van der Waals surface area contributed by atoms with Crippen LogP contribution in [0.1, 0.15) is 21.5 Å². The Bertz CT molecular complexity index is 940. The average molecular weight is 383 g/mol. The molecule has 0 bridgehead atoms. The van der Waals surface area contributed by atoms with Crippen molar-refractivity contribution in [1.29, 1.82) is 0 Å². The van der Waals surface area contributed by atoms with Gasteiger partial charge in [-0.15, -0.1) is 0 Å². The number of esters is 1. The number of halogens is 2. The van der Waals surface area contributed by atoms with Gasteiger partial charge in [-0.25, -0.2) is 4.79 Å². The smallest absolute Gasteiger partial charge is 0.337 e. The molecule has 0 unspecified atom stereocenters. The highest BCUT2D eigenvalue weighted by Gasteiger charge is 2.06. The average Bonchev–Trinajstić information content (AvgIpc) is 2.65. The van der Waals surface area contributed by atoms with E-state index in [9.17, 15) is 4.79 Å². The van der Waals surface area contributed by atoms with Gasteiger partial charge in [-0.3, -0.25) is 0 Å². The maximum absolute atomic E-state index is 11.5. The lowest BCUT2D eigenvalue weighted by Gasteiger charge is -2.08. The molecule has 0 saturated heterocycles. The maximum Gasteiger partial charge on any atom is 0.337 e. The molecule has 3 aromatic carbocycles. The second-order valence-corrected chi connectivity index (χ2v) is 6.57. The van der Waals surface area contributed by atoms with Crippen molar-refractivity contribution in [1.82, 2.24) is 0 Å². The van der Waals surface area contributed by atoms with Crippen LogP contribution in [0.15, 0.2) is 66.7 Å². The van der Waals surface area contributed by atoms with Gasteiger partial charge in [0, 0.05) is 10.0 Å². The molecule has 0 N–H and O–H groups in total. The summed E-state index contributed by atoms with van der Waals surface area (Å²) < 4.78 is 4.71. The van der Waals surface area contributed by atoms with E-state index in [-0.39, 0.29) is 5.97 Å². The predicted molar refractivity (Wildman–Crippen MR) is 109 cm³/mol. The van der Waals surface area contributed by atoms with E-state index >= 15 is 0 Å². The van der Waals surface area contributed by atoms with Crippen LogP contribution in [0, 0.1) is 0 Å². The molecule has 0 aliphatic heterocycles. The van der Waals surface area contributed by atoms with Crippen LogP contribution in [0.3, 0.4) is 0 Å². The Kier molecular flexibility index (Phi) is 5.77. The molecule has 0 spiro atoms. The quantitative estimate of drug-likeness (QED) is 0.374. The van der Waals surface area contributed by atoms with Gasteiger partial charge in [-0.1, -0.05) is 71.8 Å². The molecule has 3 aromatic rings. The number of methoxy groups -OCH3 is 1. The standard InChI is InChI=1S/C22H16Cl2O2/c1-26-22(25)17-10-7-15(8-11-17)6-9-16-4-2-3-5-21(16)18-12-19(23)14-20(24)13-18/h2-14H,1H3/b9-6+. The molecule has 0 amide bonds. The number of carbonyl (C=O) groups is 1. The summed E-state index contributed by atoms with van der Waals surface area (Å²) in [6.45, 7) is 0. The summed E-state index contributed by atoms with van der Waals surface area (Å²) >= 11 is 12.3. The highest BCUT2D eigenvalue weighted by Crippen LogP contribution is 2.30. The summed E-state index contributed by atoms with van der Waals surface area (Å²) in [5, 5.41) is 1.20. The molecule has 0 fully saturated rings. The molecule has 0 aliphatic carbocycles. The van der Waals surface area contributed by atoms with Gasteiger partial charge >= 0.3 is 5.97 Å². The van der Waals surface area contributed by atoms with E-state index in [4.69, 9.17) is 27.9 Å². The molecule has 0 radical (unpaired) electrons. The second kappa shape index (κ2) is 8.22. The lowest BCUT2D eigenvalue weighted by Crippen LogP contribution is -2.00. The zero-order valence-corrected chi connectivity index (χ0v) is 15.6. The second-order valence-electron chi connectivity index (χ2n) is 5.69. The van der Waals surface area contributed by atoms with E-state index in [1.54, 1.807) is 18.2 Å². The van der Waals surface area contributed by atoms with E-state index in [1.807, 2.05) is 60.7 Å². The molecular weight excluding hydrogens is 367 g/mol. The van der Waals surface area contributed by atoms with Crippen molar-refractivity contribution in [2.24, 2.45) is 0 Å². The lowest BCUT2D eigenvalue weighted by molar-refractivity contribution is 0.0600. The third-order valence-electron chi connectivity index (χ3n) is 3.92. The summed E-state index contributed by atoms with van der Waals surface area (Å²) in [4.78, 5) is 11.5. The maximum atomic E-state index is 11.5. The molecule has 26 heavy (non-hydrogen) atoms. The van der Waals surface area contributed by atoms with Crippen molar-refractivity contribution in [2.75, 3.05) is 7.11 Å². The highest BCUT2D eigenvalue weighted by atomic mass is 35.5. The molecular formula is C22H16Cl2O2. The van der Waals surface area contributed by atoms with Crippen LogP contribution >= 0.6 is 23.2 Å². The number of hydrogen-bond acceptors (Lipinski definition) is 2. The van der Waals surface area contributed by atoms with Crippen molar-refractivity contribution in [2.45, 2.75) is 0 Å². The van der Waals surface area contributed by atoms with Crippen molar-refractivity contribution in [3.63, 3.8) is 0 Å². The minimum absolute atomic E-state index is 0.344. The molecule has 130 valence electrons. The number of ether oxygens (including phenoxy) is 1. The van der Waals surface area contributed by atoms with Gasteiger partial charge in [0.1, 0.15) is 0 Å². The topological polar surface area (TPSA) is 26.3 Å². The number of hydrogen-bond donors (Lipinski definition) is 0. The fourth-order valence-electron chi connectivity index (χ4n) is 2.65. The van der Waals surface area contributed by atoms with Gasteiger partial charge < -0.3 is 4.74 Å². The van der Waals surface area contributed by atoms with Crippen molar-refractivity contribution < 1.29 is 9.53 Å². The van der Waals surface area contributed by atoms with Crippen LogP contribution in [-0.4, -0.2) is 13.1 Å². The predicted octanol–water partition coefficient (Wildman–Crippen LogP) is 6.62. The first-order valence-electron chi connectivity index (χ1n) is 7.99. The minimum Gasteiger partial charge on any atom is -0.465 e. The van der Waals surface area contributed by atoms with Crippen LogP contribution in [0.5, 0.6) is 0 Å². The molecule has 2 nitrogen and oxygen atoms in total. The molecule has 0 aliphatic rings. The summed E-state index contributed by atoms with van der Waals surface area (Å²) in [6.07, 6.45) is 4.02. The third kappa shape index (κ3) is 4.34. The monoisotopic (exact) mass is 382 g/mol. The fourth-order valence-corrected chi connectivity index (χ4v) is 3.17. The van der Waals surface area contributed by atoms with Gasteiger partial charge in [0.05, 0.1) is 12.7 Å². The Hall–Kier alpha value is -2.55. The minimum atomic E-state index is -0.344. The molecule has 0 heterocycles. The van der Waals surface area contributed by atoms with Crippen LogP contribution in [0.4, 0.5) is 0 Å². The Morgan fingerprint density at radius 2 is 1.54 bits per heavy atom. The number of rotatable bonds is 4. The summed E-state index contributed by atoms with van der Waals surface area (Å²) in [5.41, 5.74) is 4.56. The van der Waals surface area contributed by atoms with Crippen molar-refractivity contribution >= 4 is 41.3 Å². The van der Waals surface area contributed by atoms with E-state index in [0.717, 1.165) is 22.3 Å². The van der Waals surface area contributed by atoms with E-state index in [1.165, 1.54) is 7.11 Å². The Morgan fingerprint density at radius 3 is 2.19 bits per heavy atom. The largest absolute Gasteiger partial charge is 0.465 e. The van der Waals surface area contributed by atoms with Crippen molar-refractivity contribution in [3.8, 4) is 11.1 Å². The van der Waals surface area contributed by atoms with Crippen LogP contribution in [-0.2, 0) is 4.74 Å². The Morgan fingerprint density at radius 1 is 0.885 bits per heavy atom. The first-order chi connectivity index (χ1) is 12.6. The number of benzene rings is 3. The SMILES string of the molecule is COC(=O)c1ccc(/C=C/c2ccccc2-c2cc(Cl)cc(Cl)c2)cc1. The van der Waals surface area contributed by atoms with Gasteiger partial charge in [0.15, 0.2) is 0 Å². The van der Waals surface area contributed by atoms with Crippen LogP contribution in [0.2, 0.25) is 10.0 Å². The fraction of sp³-hybridized carbons (Fsp3) is 0.0455. The molecule has 4 heteroatoms. The Labute approximate surface area is 162 Å². The summed E-state index contributed by atoms with van der Waals surface area (Å²) in [7, 11) is 1.37. The molecule has 0 saturated carbocycles. The van der Waals surface area contributed by atoms with Crippen molar-refractivity contribution in [3.05, 3.63) is 93.5 Å². The lowest BCUT2D eigenvalue weighted by atomic mass is 9.99. The van der Waals surface area contributed by atoms with Crippen LogP contribution < -0.4 is 0 Å². The zero-order valence-electron chi connectivity index (χ0n) is 14.1. The zero-order chi connectivity index (χ0) is 18.5. The van der Waals surface area contributed by atoms with E-state index < -0.39 is 0 Å². The van der Waals surface area contributed by atoms with Gasteiger partial charge in [-0.2, -0.15) is 0 Å². The number of carbonyl (C=O) groups excluding carboxylic acids is 1. The van der Waals surface area contributed by atoms with Gasteiger partial charge in [0.25, 0.3) is 0 Å². The summed E-state index contributed by atoms with van der Waals surface area (Å²) in [6, 6.07) is 20.8. The molecule has 3 rings (SSSR count).